The molecule has 3 rings (SSSR count). The Balaban J connectivity index is 1.41. The van der Waals surface area contributed by atoms with Crippen molar-refractivity contribution >= 4 is 15.9 Å². The van der Waals surface area contributed by atoms with Gasteiger partial charge in [-0.3, -0.25) is 0 Å². The first kappa shape index (κ1) is 13.2. The Morgan fingerprint density at radius 1 is 1.37 bits per heavy atom. The van der Waals surface area contributed by atoms with Crippen LogP contribution >= 0.6 is 15.9 Å². The summed E-state index contributed by atoms with van der Waals surface area (Å²) < 4.78 is 7.07. The normalized spacial score (nSPS) is 21.1. The summed E-state index contributed by atoms with van der Waals surface area (Å²) in [6.07, 6.45) is 8.86. The van der Waals surface area contributed by atoms with E-state index in [1.165, 1.54) is 31.2 Å². The van der Waals surface area contributed by atoms with Crippen LogP contribution in [0.3, 0.4) is 0 Å². The highest BCUT2D eigenvalue weighted by Crippen LogP contribution is 2.30. The van der Waals surface area contributed by atoms with Gasteiger partial charge in [0, 0.05) is 17.4 Å². The summed E-state index contributed by atoms with van der Waals surface area (Å²) >= 11 is 3.51. The quantitative estimate of drug-likeness (QED) is 0.657. The highest BCUT2D eigenvalue weighted by atomic mass is 79.9. The molecule has 0 saturated heterocycles. The molecule has 0 aromatic heterocycles. The van der Waals surface area contributed by atoms with Gasteiger partial charge in [-0.1, -0.05) is 27.6 Å². The lowest BCUT2D eigenvalue weighted by atomic mass is 10.1. The first-order chi connectivity index (χ1) is 9.31. The van der Waals surface area contributed by atoms with Crippen LogP contribution < -0.4 is 10.1 Å². The van der Waals surface area contributed by atoms with Gasteiger partial charge in [0.25, 0.3) is 0 Å². The molecule has 0 saturated carbocycles. The Bertz CT molecular complexity index is 484. The molecule has 1 aromatic rings. The predicted molar refractivity (Wildman–Crippen MR) is 81.7 cm³/mol. The van der Waals surface area contributed by atoms with Crippen molar-refractivity contribution in [2.75, 3.05) is 13.1 Å². The van der Waals surface area contributed by atoms with Gasteiger partial charge in [-0.25, -0.2) is 0 Å². The molecule has 0 spiro atoms. The van der Waals surface area contributed by atoms with Crippen molar-refractivity contribution < 1.29 is 4.74 Å². The highest BCUT2D eigenvalue weighted by Gasteiger charge is 2.22. The van der Waals surface area contributed by atoms with E-state index >= 15 is 0 Å². The molecule has 2 aliphatic rings. The van der Waals surface area contributed by atoms with Gasteiger partial charge < -0.3 is 10.1 Å². The average Bonchev–Trinajstić information content (AvgIpc) is 3.02. The van der Waals surface area contributed by atoms with Crippen LogP contribution in [0.5, 0.6) is 5.75 Å². The lowest BCUT2D eigenvalue weighted by Crippen LogP contribution is -2.30. The number of hydrogen-bond acceptors (Lipinski definition) is 2. The molecule has 2 nitrogen and oxygen atoms in total. The second-order valence-corrected chi connectivity index (χ2v) is 6.32. The van der Waals surface area contributed by atoms with E-state index in [1.807, 2.05) is 6.07 Å². The second-order valence-electron chi connectivity index (χ2n) is 5.40. The highest BCUT2D eigenvalue weighted by molar-refractivity contribution is 9.10. The molecule has 0 radical (unpaired) electrons. The summed E-state index contributed by atoms with van der Waals surface area (Å²) in [5, 5.41) is 3.53. The molecule has 0 bridgehead atoms. The summed E-state index contributed by atoms with van der Waals surface area (Å²) in [5.41, 5.74) is 2.95. The van der Waals surface area contributed by atoms with Gasteiger partial charge in [-0.05, 0) is 56.0 Å². The molecule has 1 unspecified atom stereocenters. The molecular formula is C16H20BrNO. The first-order valence-corrected chi connectivity index (χ1v) is 7.94. The Kier molecular flexibility index (Phi) is 4.24. The van der Waals surface area contributed by atoms with E-state index in [1.54, 1.807) is 5.57 Å². The average molecular weight is 322 g/mol. The molecule has 0 amide bonds. The van der Waals surface area contributed by atoms with Gasteiger partial charge in [-0.2, -0.15) is 0 Å². The molecule has 1 atom stereocenters. The van der Waals surface area contributed by atoms with Crippen molar-refractivity contribution in [3.63, 3.8) is 0 Å². The maximum absolute atomic E-state index is 5.94. The molecule has 102 valence electrons. The smallest absolute Gasteiger partial charge is 0.123 e. The van der Waals surface area contributed by atoms with Gasteiger partial charge in [0.2, 0.25) is 0 Å². The summed E-state index contributed by atoms with van der Waals surface area (Å²) in [7, 11) is 0. The zero-order valence-corrected chi connectivity index (χ0v) is 12.7. The van der Waals surface area contributed by atoms with Crippen molar-refractivity contribution in [2.45, 2.75) is 38.2 Å². The minimum atomic E-state index is 0.293. The minimum Gasteiger partial charge on any atom is -0.488 e. The number of hydrogen-bond donors (Lipinski definition) is 1. The first-order valence-electron chi connectivity index (χ1n) is 7.15. The molecule has 1 aromatic carbocycles. The van der Waals surface area contributed by atoms with Crippen LogP contribution in [0.15, 0.2) is 34.3 Å². The lowest BCUT2D eigenvalue weighted by molar-refractivity contribution is 0.228. The molecule has 19 heavy (non-hydrogen) atoms. The lowest BCUT2D eigenvalue weighted by Gasteiger charge is -2.12. The van der Waals surface area contributed by atoms with Crippen LogP contribution in [0, 0.1) is 0 Å². The SMILES string of the molecule is Brc1ccc2c(c1)CC(CNCCC1=CCCC1)O2. The number of allylic oxidation sites excluding steroid dienone is 1. The Morgan fingerprint density at radius 2 is 2.32 bits per heavy atom. The summed E-state index contributed by atoms with van der Waals surface area (Å²) in [4.78, 5) is 0. The van der Waals surface area contributed by atoms with E-state index in [9.17, 15) is 0 Å². The standard InChI is InChI=1S/C16H20BrNO/c17-14-5-6-16-13(9-14)10-15(19-16)11-18-8-7-12-3-1-2-4-12/h3,5-6,9,15,18H,1-2,4,7-8,10-11H2. The molecule has 3 heteroatoms. The number of benzene rings is 1. The van der Waals surface area contributed by atoms with E-state index < -0.39 is 0 Å². The molecule has 1 aliphatic heterocycles. The predicted octanol–water partition coefficient (Wildman–Crippen LogP) is 3.84. The van der Waals surface area contributed by atoms with E-state index in [-0.39, 0.29) is 0 Å². The van der Waals surface area contributed by atoms with Gasteiger partial charge in [-0.15, -0.1) is 0 Å². The molecule has 0 fully saturated rings. The maximum Gasteiger partial charge on any atom is 0.123 e. The second kappa shape index (κ2) is 6.10. The molecule has 1 heterocycles. The topological polar surface area (TPSA) is 21.3 Å². The Morgan fingerprint density at radius 3 is 3.16 bits per heavy atom. The summed E-state index contributed by atoms with van der Waals surface area (Å²) in [6.45, 7) is 2.02. The van der Waals surface area contributed by atoms with E-state index in [0.717, 1.165) is 29.7 Å². The largest absolute Gasteiger partial charge is 0.488 e. The van der Waals surface area contributed by atoms with Crippen LogP contribution in [0.2, 0.25) is 0 Å². The van der Waals surface area contributed by atoms with Gasteiger partial charge >= 0.3 is 0 Å². The van der Waals surface area contributed by atoms with Crippen molar-refractivity contribution in [2.24, 2.45) is 0 Å². The van der Waals surface area contributed by atoms with Crippen molar-refractivity contribution in [1.29, 1.82) is 0 Å². The Hall–Kier alpha value is -0.800. The van der Waals surface area contributed by atoms with Crippen LogP contribution in [0.1, 0.15) is 31.2 Å². The van der Waals surface area contributed by atoms with Gasteiger partial charge in [0.15, 0.2) is 0 Å². The van der Waals surface area contributed by atoms with Gasteiger partial charge in [0.1, 0.15) is 11.9 Å². The number of ether oxygens (including phenoxy) is 1. The van der Waals surface area contributed by atoms with E-state index in [2.05, 4.69) is 39.5 Å². The monoisotopic (exact) mass is 321 g/mol. The fourth-order valence-corrected chi connectivity index (χ4v) is 3.29. The molecule has 1 aliphatic carbocycles. The van der Waals surface area contributed by atoms with Crippen molar-refractivity contribution in [3.05, 3.63) is 39.9 Å². The number of nitrogens with one attached hydrogen (secondary N) is 1. The van der Waals surface area contributed by atoms with Crippen LogP contribution in [0.25, 0.3) is 0 Å². The van der Waals surface area contributed by atoms with Crippen molar-refractivity contribution in [1.82, 2.24) is 5.32 Å². The van der Waals surface area contributed by atoms with Crippen LogP contribution in [-0.4, -0.2) is 19.2 Å². The zero-order chi connectivity index (χ0) is 13.1. The van der Waals surface area contributed by atoms with E-state index in [0.29, 0.717) is 6.10 Å². The van der Waals surface area contributed by atoms with Crippen LogP contribution in [-0.2, 0) is 6.42 Å². The van der Waals surface area contributed by atoms with E-state index in [4.69, 9.17) is 4.74 Å². The summed E-state index contributed by atoms with van der Waals surface area (Å²) in [6, 6.07) is 6.27. The minimum absolute atomic E-state index is 0.293. The Labute approximate surface area is 123 Å². The molecular weight excluding hydrogens is 302 g/mol. The summed E-state index contributed by atoms with van der Waals surface area (Å²) in [5.74, 6) is 1.05. The van der Waals surface area contributed by atoms with Crippen molar-refractivity contribution in [3.8, 4) is 5.75 Å². The fraction of sp³-hybridized carbons (Fsp3) is 0.500. The fourth-order valence-electron chi connectivity index (χ4n) is 2.88. The zero-order valence-electron chi connectivity index (χ0n) is 11.1. The third kappa shape index (κ3) is 3.40. The van der Waals surface area contributed by atoms with Crippen LogP contribution in [0.4, 0.5) is 0 Å². The third-order valence-corrected chi connectivity index (χ3v) is 4.39. The number of fused-ring (bicyclic) bond motifs is 1. The maximum atomic E-state index is 5.94. The number of rotatable bonds is 5. The number of halogens is 1. The van der Waals surface area contributed by atoms with Gasteiger partial charge in [0.05, 0.1) is 0 Å². The third-order valence-electron chi connectivity index (χ3n) is 3.89. The molecule has 1 N–H and O–H groups in total.